The predicted molar refractivity (Wildman–Crippen MR) is 73.5 cm³/mol. The van der Waals surface area contributed by atoms with Gasteiger partial charge in [0.05, 0.1) is 29.9 Å². The smallest absolute Gasteiger partial charge is 0.0923 e. The Balaban J connectivity index is 1.80. The summed E-state index contributed by atoms with van der Waals surface area (Å²) in [5, 5.41) is 7.58. The first-order chi connectivity index (χ1) is 8.93. The monoisotopic (exact) mass is 256 g/mol. The molecule has 2 N–H and O–H groups in total. The zero-order valence-electron chi connectivity index (χ0n) is 9.63. The van der Waals surface area contributed by atoms with Crippen LogP contribution in [0.1, 0.15) is 5.69 Å². The number of imidazole rings is 1. The molecule has 3 heterocycles. The van der Waals surface area contributed by atoms with E-state index < -0.39 is 0 Å². The summed E-state index contributed by atoms with van der Waals surface area (Å²) in [6.07, 6.45) is 5.38. The summed E-state index contributed by atoms with van der Waals surface area (Å²) in [6, 6.07) is 5.94. The standard InChI is InChI=1S/C13H12N4S/c1-2-4-15-12(3-1)11-7-18-8-13(11)16-6-10-5-14-9-17-10/h1-5,7-9,16H,6H2,(H,14,17). The molecular weight excluding hydrogens is 244 g/mol. The predicted octanol–water partition coefficient (Wildman–Crippen LogP) is 3.15. The van der Waals surface area contributed by atoms with Crippen molar-refractivity contribution in [3.63, 3.8) is 0 Å². The minimum Gasteiger partial charge on any atom is -0.378 e. The number of anilines is 1. The molecule has 3 aromatic heterocycles. The second-order valence-corrected chi connectivity index (χ2v) is 4.57. The lowest BCUT2D eigenvalue weighted by atomic mass is 10.2. The minimum absolute atomic E-state index is 0.708. The van der Waals surface area contributed by atoms with E-state index in [1.165, 1.54) is 0 Å². The van der Waals surface area contributed by atoms with Gasteiger partial charge in [-0.25, -0.2) is 4.98 Å². The van der Waals surface area contributed by atoms with Gasteiger partial charge < -0.3 is 10.3 Å². The number of hydrogen-bond acceptors (Lipinski definition) is 4. The molecule has 0 saturated carbocycles. The van der Waals surface area contributed by atoms with Gasteiger partial charge in [0.2, 0.25) is 0 Å². The lowest BCUT2D eigenvalue weighted by Gasteiger charge is -2.05. The average molecular weight is 256 g/mol. The lowest BCUT2D eigenvalue weighted by molar-refractivity contribution is 1.08. The van der Waals surface area contributed by atoms with Gasteiger partial charge in [-0.15, -0.1) is 11.3 Å². The van der Waals surface area contributed by atoms with Crippen LogP contribution in [0.25, 0.3) is 11.3 Å². The number of thiophene rings is 1. The van der Waals surface area contributed by atoms with E-state index in [-0.39, 0.29) is 0 Å². The molecule has 0 amide bonds. The molecule has 0 aliphatic carbocycles. The molecule has 18 heavy (non-hydrogen) atoms. The van der Waals surface area contributed by atoms with E-state index in [0.717, 1.165) is 22.6 Å². The maximum atomic E-state index is 4.37. The SMILES string of the molecule is c1ccc(-c2cscc2NCc2c[nH]cn2)nc1. The number of nitrogens with zero attached hydrogens (tertiary/aromatic N) is 2. The highest BCUT2D eigenvalue weighted by atomic mass is 32.1. The van der Waals surface area contributed by atoms with Crippen molar-refractivity contribution in [2.24, 2.45) is 0 Å². The molecular formula is C13H12N4S. The Morgan fingerprint density at radius 3 is 3.00 bits per heavy atom. The Labute approximate surface area is 109 Å². The van der Waals surface area contributed by atoms with Gasteiger partial charge in [0, 0.05) is 28.7 Å². The van der Waals surface area contributed by atoms with Crippen LogP contribution in [0.3, 0.4) is 0 Å². The highest BCUT2D eigenvalue weighted by Crippen LogP contribution is 2.30. The van der Waals surface area contributed by atoms with Crippen LogP contribution in [-0.2, 0) is 6.54 Å². The molecule has 0 aliphatic rings. The third kappa shape index (κ3) is 2.26. The number of hydrogen-bond donors (Lipinski definition) is 2. The van der Waals surface area contributed by atoms with Crippen LogP contribution in [0, 0.1) is 0 Å². The lowest BCUT2D eigenvalue weighted by Crippen LogP contribution is -1.99. The summed E-state index contributed by atoms with van der Waals surface area (Å²) in [7, 11) is 0. The molecule has 0 fully saturated rings. The van der Waals surface area contributed by atoms with Crippen molar-refractivity contribution in [3.8, 4) is 11.3 Å². The summed E-state index contributed by atoms with van der Waals surface area (Å²) in [5.74, 6) is 0. The Morgan fingerprint density at radius 1 is 1.22 bits per heavy atom. The van der Waals surface area contributed by atoms with Gasteiger partial charge in [0.25, 0.3) is 0 Å². The van der Waals surface area contributed by atoms with Gasteiger partial charge in [-0.05, 0) is 12.1 Å². The van der Waals surface area contributed by atoms with E-state index in [0.29, 0.717) is 6.54 Å². The molecule has 5 heteroatoms. The third-order valence-electron chi connectivity index (χ3n) is 2.62. The fraction of sp³-hybridized carbons (Fsp3) is 0.0769. The average Bonchev–Trinajstić information content (AvgIpc) is 3.09. The van der Waals surface area contributed by atoms with E-state index >= 15 is 0 Å². The highest BCUT2D eigenvalue weighted by molar-refractivity contribution is 7.08. The number of aromatic nitrogens is 3. The van der Waals surface area contributed by atoms with Crippen molar-refractivity contribution in [3.05, 3.63) is 53.4 Å². The third-order valence-corrected chi connectivity index (χ3v) is 3.36. The van der Waals surface area contributed by atoms with Crippen molar-refractivity contribution >= 4 is 17.0 Å². The normalized spacial score (nSPS) is 10.4. The van der Waals surface area contributed by atoms with Gasteiger partial charge in [-0.2, -0.15) is 0 Å². The van der Waals surface area contributed by atoms with Crippen molar-refractivity contribution in [2.45, 2.75) is 6.54 Å². The summed E-state index contributed by atoms with van der Waals surface area (Å²) in [5.41, 5.74) is 4.22. The second kappa shape index (κ2) is 5.01. The highest BCUT2D eigenvalue weighted by Gasteiger charge is 2.07. The van der Waals surface area contributed by atoms with Crippen LogP contribution < -0.4 is 5.32 Å². The first-order valence-electron chi connectivity index (χ1n) is 5.62. The zero-order chi connectivity index (χ0) is 12.2. The Kier molecular flexibility index (Phi) is 3.06. The fourth-order valence-electron chi connectivity index (χ4n) is 1.73. The Morgan fingerprint density at radius 2 is 2.22 bits per heavy atom. The summed E-state index contributed by atoms with van der Waals surface area (Å²) in [4.78, 5) is 11.5. The van der Waals surface area contributed by atoms with Crippen LogP contribution in [0.5, 0.6) is 0 Å². The molecule has 3 rings (SSSR count). The van der Waals surface area contributed by atoms with Crippen LogP contribution in [0.4, 0.5) is 5.69 Å². The summed E-state index contributed by atoms with van der Waals surface area (Å²) >= 11 is 1.67. The molecule has 0 bridgehead atoms. The number of aromatic amines is 1. The number of pyridine rings is 1. The molecule has 0 spiro atoms. The maximum absolute atomic E-state index is 4.37. The van der Waals surface area contributed by atoms with Crippen LogP contribution >= 0.6 is 11.3 Å². The van der Waals surface area contributed by atoms with Crippen LogP contribution in [0.15, 0.2) is 47.7 Å². The largest absolute Gasteiger partial charge is 0.378 e. The van der Waals surface area contributed by atoms with E-state index in [1.54, 1.807) is 17.7 Å². The van der Waals surface area contributed by atoms with Gasteiger partial charge in [0.15, 0.2) is 0 Å². The van der Waals surface area contributed by atoms with Crippen molar-refractivity contribution in [1.29, 1.82) is 0 Å². The Hall–Kier alpha value is -2.14. The zero-order valence-corrected chi connectivity index (χ0v) is 10.4. The number of H-pyrrole nitrogens is 1. The van der Waals surface area contributed by atoms with Gasteiger partial charge >= 0.3 is 0 Å². The molecule has 90 valence electrons. The Bertz CT molecular complexity index is 601. The molecule has 4 nitrogen and oxygen atoms in total. The molecule has 0 saturated heterocycles. The van der Waals surface area contributed by atoms with Crippen molar-refractivity contribution < 1.29 is 0 Å². The summed E-state index contributed by atoms with van der Waals surface area (Å²) in [6.45, 7) is 0.708. The number of rotatable bonds is 4. The topological polar surface area (TPSA) is 53.6 Å². The molecule has 0 unspecified atom stereocenters. The van der Waals surface area contributed by atoms with E-state index in [9.17, 15) is 0 Å². The van der Waals surface area contributed by atoms with Gasteiger partial charge in [0.1, 0.15) is 0 Å². The first-order valence-corrected chi connectivity index (χ1v) is 6.57. The maximum Gasteiger partial charge on any atom is 0.0923 e. The molecule has 0 aliphatic heterocycles. The van der Waals surface area contributed by atoms with Gasteiger partial charge in [-0.1, -0.05) is 6.07 Å². The first kappa shape index (κ1) is 11.0. The van der Waals surface area contributed by atoms with Crippen molar-refractivity contribution in [2.75, 3.05) is 5.32 Å². The van der Waals surface area contributed by atoms with E-state index in [2.05, 4.69) is 31.0 Å². The van der Waals surface area contributed by atoms with E-state index in [1.807, 2.05) is 30.6 Å². The summed E-state index contributed by atoms with van der Waals surface area (Å²) < 4.78 is 0. The quantitative estimate of drug-likeness (QED) is 0.754. The molecule has 0 aromatic carbocycles. The molecule has 0 atom stereocenters. The van der Waals surface area contributed by atoms with E-state index in [4.69, 9.17) is 0 Å². The molecule has 0 radical (unpaired) electrons. The second-order valence-electron chi connectivity index (χ2n) is 3.83. The number of nitrogens with one attached hydrogen (secondary N) is 2. The van der Waals surface area contributed by atoms with Gasteiger partial charge in [-0.3, -0.25) is 4.98 Å². The van der Waals surface area contributed by atoms with Crippen LogP contribution in [0.2, 0.25) is 0 Å². The van der Waals surface area contributed by atoms with Crippen LogP contribution in [-0.4, -0.2) is 15.0 Å². The molecule has 3 aromatic rings. The van der Waals surface area contributed by atoms with Crippen molar-refractivity contribution in [1.82, 2.24) is 15.0 Å². The minimum atomic E-state index is 0.708. The fourth-order valence-corrected chi connectivity index (χ4v) is 2.53.